The highest BCUT2D eigenvalue weighted by atomic mass is 16.5. The molecule has 2 aromatic heterocycles. The maximum Gasteiger partial charge on any atom is 0.379 e. The summed E-state index contributed by atoms with van der Waals surface area (Å²) in [4.78, 5) is 35.5. The quantitative estimate of drug-likeness (QED) is 0.478. The molecule has 1 aliphatic heterocycles. The molecule has 0 radical (unpaired) electrons. The number of anilines is 1. The number of aliphatic imine (C=N–C) groups is 1. The third-order valence-corrected chi connectivity index (χ3v) is 3.75. The smallest absolute Gasteiger partial charge is 0.379 e. The molecule has 1 aliphatic rings. The van der Waals surface area contributed by atoms with Gasteiger partial charge in [-0.15, -0.1) is 0 Å². The molecule has 3 heterocycles. The lowest BCUT2D eigenvalue weighted by atomic mass is 10.1. The van der Waals surface area contributed by atoms with Crippen LogP contribution in [0.5, 0.6) is 5.75 Å². The summed E-state index contributed by atoms with van der Waals surface area (Å²) in [5, 5.41) is 2.13. The first-order chi connectivity index (χ1) is 11.6. The van der Waals surface area contributed by atoms with Gasteiger partial charge >= 0.3 is 5.97 Å². The van der Waals surface area contributed by atoms with E-state index in [-0.39, 0.29) is 11.7 Å². The Labute approximate surface area is 137 Å². The average Bonchev–Trinajstić information content (AvgIpc) is 3.26. The Morgan fingerprint density at radius 1 is 1.38 bits per heavy atom. The minimum atomic E-state index is -0.941. The summed E-state index contributed by atoms with van der Waals surface area (Å²) < 4.78 is 9.80. The minimum Gasteiger partial charge on any atom is -0.494 e. The number of esters is 1. The van der Waals surface area contributed by atoms with Crippen LogP contribution in [0.4, 0.5) is 5.82 Å². The Morgan fingerprint density at radius 2 is 2.17 bits per heavy atom. The van der Waals surface area contributed by atoms with Gasteiger partial charge in [-0.3, -0.25) is 9.79 Å². The lowest BCUT2D eigenvalue weighted by Gasteiger charge is -2.17. The molecule has 2 N–H and O–H groups in total. The molecule has 0 spiro atoms. The highest BCUT2D eigenvalue weighted by Crippen LogP contribution is 2.34. The number of fused-ring (bicyclic) bond motifs is 1. The first-order valence-electron chi connectivity index (χ1n) is 7.36. The number of pyridine rings is 1. The third kappa shape index (κ3) is 2.48. The number of nitrogens with one attached hydrogen (secondary N) is 2. The van der Waals surface area contributed by atoms with Crippen LogP contribution >= 0.6 is 0 Å². The number of hydrogen-bond donors (Lipinski definition) is 2. The molecule has 0 saturated heterocycles. The van der Waals surface area contributed by atoms with Crippen LogP contribution < -0.4 is 15.2 Å². The Kier molecular flexibility index (Phi) is 4.17. The van der Waals surface area contributed by atoms with Crippen molar-refractivity contribution in [2.45, 2.75) is 19.5 Å². The molecule has 24 heavy (non-hydrogen) atoms. The third-order valence-electron chi connectivity index (χ3n) is 3.75. The molecule has 126 valence electrons. The van der Waals surface area contributed by atoms with Crippen LogP contribution in [-0.4, -0.2) is 48.4 Å². The van der Waals surface area contributed by atoms with Crippen LogP contribution in [0.25, 0.3) is 10.9 Å². The van der Waals surface area contributed by atoms with Gasteiger partial charge in [-0.1, -0.05) is 6.92 Å². The normalized spacial score (nSPS) is 16.6. The number of ketones is 1. The van der Waals surface area contributed by atoms with E-state index in [4.69, 9.17) is 4.74 Å². The van der Waals surface area contributed by atoms with Crippen molar-refractivity contribution in [1.82, 2.24) is 15.4 Å². The van der Waals surface area contributed by atoms with E-state index in [9.17, 15) is 9.59 Å². The van der Waals surface area contributed by atoms with E-state index < -0.39 is 11.8 Å². The van der Waals surface area contributed by atoms with Crippen molar-refractivity contribution in [1.29, 1.82) is 0 Å². The van der Waals surface area contributed by atoms with E-state index in [1.807, 2.05) is 6.92 Å². The lowest BCUT2D eigenvalue weighted by Crippen LogP contribution is -2.37. The zero-order valence-corrected chi connectivity index (χ0v) is 13.5. The van der Waals surface area contributed by atoms with Crippen LogP contribution in [-0.2, 0) is 9.53 Å². The van der Waals surface area contributed by atoms with E-state index in [1.165, 1.54) is 19.5 Å². The molecule has 0 aromatic carbocycles. The first kappa shape index (κ1) is 15.9. The van der Waals surface area contributed by atoms with Gasteiger partial charge in [0.05, 0.1) is 36.9 Å². The number of aromatic nitrogens is 2. The van der Waals surface area contributed by atoms with Crippen molar-refractivity contribution >= 4 is 34.8 Å². The number of Topliss-reactive ketones (excluding diaryl/α,β-unsaturated/α-hetero) is 1. The number of ether oxygens (including phenoxy) is 2. The second-order valence-corrected chi connectivity index (χ2v) is 5.11. The van der Waals surface area contributed by atoms with Crippen molar-refractivity contribution in [3.8, 4) is 5.75 Å². The second kappa shape index (κ2) is 6.28. The van der Waals surface area contributed by atoms with Crippen LogP contribution in [0.3, 0.4) is 0 Å². The molecule has 0 bridgehead atoms. The number of nitrogens with zero attached hydrogens (tertiary/aromatic N) is 3. The van der Waals surface area contributed by atoms with Crippen LogP contribution in [0.2, 0.25) is 0 Å². The maximum absolute atomic E-state index is 12.2. The zero-order valence-electron chi connectivity index (χ0n) is 13.5. The fourth-order valence-electron chi connectivity index (χ4n) is 2.51. The summed E-state index contributed by atoms with van der Waals surface area (Å²) in [5.41, 5.74) is 3.89. The number of carbonyl (C=O) groups excluding carboxylic acids is 2. The fourth-order valence-corrected chi connectivity index (χ4v) is 2.51. The van der Waals surface area contributed by atoms with Gasteiger partial charge in [0.25, 0.3) is 5.78 Å². The van der Waals surface area contributed by atoms with Gasteiger partial charge in [-0.25, -0.2) is 20.2 Å². The zero-order chi connectivity index (χ0) is 17.3. The number of hydrazine groups is 1. The first-order valence-corrected chi connectivity index (χ1v) is 7.36. The van der Waals surface area contributed by atoms with Gasteiger partial charge in [0, 0.05) is 6.20 Å². The SMILES string of the molecule is CCC1N=CN(c2ncc(OC)c3c(C(=O)C(=O)OC)c[nH]c23)N1. The van der Waals surface area contributed by atoms with Gasteiger partial charge < -0.3 is 14.5 Å². The molecule has 1 atom stereocenters. The lowest BCUT2D eigenvalue weighted by molar-refractivity contribution is -0.135. The molecule has 9 heteroatoms. The molecule has 0 amide bonds. The van der Waals surface area contributed by atoms with Crippen LogP contribution in [0, 0.1) is 0 Å². The number of rotatable bonds is 5. The van der Waals surface area contributed by atoms with Gasteiger partial charge in [0.2, 0.25) is 0 Å². The van der Waals surface area contributed by atoms with Crippen molar-refractivity contribution < 1.29 is 19.1 Å². The summed E-state index contributed by atoms with van der Waals surface area (Å²) in [6, 6.07) is 0. The number of hydrogen-bond acceptors (Lipinski definition) is 8. The summed E-state index contributed by atoms with van der Waals surface area (Å²) >= 11 is 0. The van der Waals surface area contributed by atoms with Crippen molar-refractivity contribution in [2.24, 2.45) is 4.99 Å². The fraction of sp³-hybridized carbons (Fsp3) is 0.333. The van der Waals surface area contributed by atoms with Crippen molar-refractivity contribution in [3.05, 3.63) is 18.0 Å². The van der Waals surface area contributed by atoms with E-state index in [0.717, 1.165) is 13.5 Å². The molecular formula is C15H17N5O4. The molecule has 3 rings (SSSR count). The summed E-state index contributed by atoms with van der Waals surface area (Å²) in [5.74, 6) is -0.795. The Balaban J connectivity index is 2.11. The van der Waals surface area contributed by atoms with Gasteiger partial charge in [-0.2, -0.15) is 0 Å². The van der Waals surface area contributed by atoms with Crippen molar-refractivity contribution in [2.75, 3.05) is 19.2 Å². The molecule has 9 nitrogen and oxygen atoms in total. The largest absolute Gasteiger partial charge is 0.494 e. The number of methoxy groups -OCH3 is 2. The second-order valence-electron chi connectivity index (χ2n) is 5.11. The Hall–Kier alpha value is -2.94. The minimum absolute atomic E-state index is 0.0323. The predicted octanol–water partition coefficient (Wildman–Crippen LogP) is 1.02. The monoisotopic (exact) mass is 331 g/mol. The number of aromatic amines is 1. The molecular weight excluding hydrogens is 314 g/mol. The van der Waals surface area contributed by atoms with E-state index in [0.29, 0.717) is 22.5 Å². The van der Waals surface area contributed by atoms with Gasteiger partial charge in [0.15, 0.2) is 5.82 Å². The topological polar surface area (TPSA) is 109 Å². The standard InChI is InChI=1S/C15H17N5O4/c1-4-10-18-7-20(19-10)14-12-11(9(23-2)6-17-14)8(5-16-12)13(21)15(22)24-3/h5-7,10,16,19H,4H2,1-3H3. The average molecular weight is 331 g/mol. The summed E-state index contributed by atoms with van der Waals surface area (Å²) in [6.07, 6.45) is 5.36. The Morgan fingerprint density at radius 3 is 2.79 bits per heavy atom. The predicted molar refractivity (Wildman–Crippen MR) is 87.2 cm³/mol. The van der Waals surface area contributed by atoms with Gasteiger partial charge in [0.1, 0.15) is 18.3 Å². The number of H-pyrrole nitrogens is 1. The molecule has 0 saturated carbocycles. The van der Waals surface area contributed by atoms with E-state index in [1.54, 1.807) is 11.3 Å². The van der Waals surface area contributed by atoms with Crippen LogP contribution in [0.1, 0.15) is 23.7 Å². The summed E-state index contributed by atoms with van der Waals surface area (Å²) in [7, 11) is 2.63. The Bertz CT molecular complexity index is 829. The summed E-state index contributed by atoms with van der Waals surface area (Å²) in [6.45, 7) is 2.01. The molecule has 0 fully saturated rings. The van der Waals surface area contributed by atoms with Crippen LogP contribution in [0.15, 0.2) is 17.4 Å². The highest BCUT2D eigenvalue weighted by molar-refractivity contribution is 6.43. The number of carbonyl (C=O) groups is 2. The molecule has 1 unspecified atom stereocenters. The highest BCUT2D eigenvalue weighted by Gasteiger charge is 2.27. The maximum atomic E-state index is 12.2. The van der Waals surface area contributed by atoms with E-state index in [2.05, 4.69) is 25.1 Å². The van der Waals surface area contributed by atoms with Crippen molar-refractivity contribution in [3.63, 3.8) is 0 Å². The molecule has 2 aromatic rings. The molecule has 0 aliphatic carbocycles. The van der Waals surface area contributed by atoms with E-state index >= 15 is 0 Å². The van der Waals surface area contributed by atoms with Gasteiger partial charge in [-0.05, 0) is 6.42 Å².